The van der Waals surface area contributed by atoms with Crippen LogP contribution in [-0.2, 0) is 14.3 Å². The van der Waals surface area contributed by atoms with Crippen molar-refractivity contribution in [3.05, 3.63) is 12.4 Å². The minimum atomic E-state index is -3.40. The minimum absolute atomic E-state index is 0.0709. The minimum Gasteiger partial charge on any atom is -0.268 e. The summed E-state index contributed by atoms with van der Waals surface area (Å²) in [6.45, 7) is 0.123. The van der Waals surface area contributed by atoms with Gasteiger partial charge >= 0.3 is 0 Å². The van der Waals surface area contributed by atoms with Gasteiger partial charge in [-0.1, -0.05) is 6.42 Å². The Morgan fingerprint density at radius 2 is 2.06 bits per heavy atom. The van der Waals surface area contributed by atoms with E-state index in [-0.39, 0.29) is 12.6 Å². The van der Waals surface area contributed by atoms with E-state index in [4.69, 9.17) is 4.18 Å². The van der Waals surface area contributed by atoms with Gasteiger partial charge in [0.05, 0.1) is 31.3 Å². The summed E-state index contributed by atoms with van der Waals surface area (Å²) < 4.78 is 26.8. The van der Waals surface area contributed by atoms with E-state index in [0.717, 1.165) is 19.1 Å². The molecule has 6 nitrogen and oxygen atoms in total. The van der Waals surface area contributed by atoms with Crippen LogP contribution in [0, 0.1) is 5.92 Å². The average molecular weight is 245 g/mol. The first-order valence-electron chi connectivity index (χ1n) is 5.26. The van der Waals surface area contributed by atoms with Crippen molar-refractivity contribution in [2.45, 2.75) is 25.3 Å². The molecule has 0 bridgehead atoms. The van der Waals surface area contributed by atoms with Crippen LogP contribution in [0.3, 0.4) is 0 Å². The molecule has 1 unspecified atom stereocenters. The van der Waals surface area contributed by atoms with Crippen molar-refractivity contribution >= 4 is 10.1 Å². The van der Waals surface area contributed by atoms with Crippen LogP contribution in [0.1, 0.15) is 25.3 Å². The summed E-state index contributed by atoms with van der Waals surface area (Å²) in [7, 11) is -3.40. The maximum Gasteiger partial charge on any atom is 0.264 e. The third-order valence-electron chi connectivity index (χ3n) is 2.88. The Morgan fingerprint density at radius 1 is 1.44 bits per heavy atom. The molecule has 7 heteroatoms. The van der Waals surface area contributed by atoms with Crippen LogP contribution in [0.2, 0.25) is 0 Å². The third-order valence-corrected chi connectivity index (χ3v) is 3.44. The molecule has 0 spiro atoms. The molecule has 0 amide bonds. The molecule has 1 saturated carbocycles. The predicted molar refractivity (Wildman–Crippen MR) is 57.2 cm³/mol. The van der Waals surface area contributed by atoms with Gasteiger partial charge in [-0.15, -0.1) is 0 Å². The fraction of sp³-hybridized carbons (Fsp3) is 0.778. The van der Waals surface area contributed by atoms with Crippen LogP contribution >= 0.6 is 0 Å². The van der Waals surface area contributed by atoms with Crippen molar-refractivity contribution in [2.75, 3.05) is 12.9 Å². The molecule has 1 aromatic rings. The Labute approximate surface area is 94.7 Å². The third kappa shape index (κ3) is 2.79. The molecule has 16 heavy (non-hydrogen) atoms. The first kappa shape index (κ1) is 11.5. The summed E-state index contributed by atoms with van der Waals surface area (Å²) in [5.41, 5.74) is 0. The van der Waals surface area contributed by atoms with Gasteiger partial charge in [-0.25, -0.2) is 0 Å². The topological polar surface area (TPSA) is 74.1 Å². The van der Waals surface area contributed by atoms with Crippen LogP contribution in [-0.4, -0.2) is 36.3 Å². The van der Waals surface area contributed by atoms with E-state index in [0.29, 0.717) is 5.92 Å². The molecule has 0 radical (unpaired) electrons. The summed E-state index contributed by atoms with van der Waals surface area (Å²) in [5.74, 6) is 0.425. The van der Waals surface area contributed by atoms with E-state index in [1.165, 1.54) is 6.42 Å². The number of hydrogen-bond donors (Lipinski definition) is 0. The zero-order valence-corrected chi connectivity index (χ0v) is 9.93. The zero-order valence-electron chi connectivity index (χ0n) is 9.11. The quantitative estimate of drug-likeness (QED) is 0.710. The molecule has 1 aromatic heterocycles. The van der Waals surface area contributed by atoms with Gasteiger partial charge in [0.15, 0.2) is 0 Å². The van der Waals surface area contributed by atoms with Crippen molar-refractivity contribution in [1.82, 2.24) is 15.0 Å². The monoisotopic (exact) mass is 245 g/mol. The maximum atomic E-state index is 11.0. The second-order valence-electron chi connectivity index (χ2n) is 4.10. The Balaban J connectivity index is 2.03. The van der Waals surface area contributed by atoms with E-state index < -0.39 is 10.1 Å². The lowest BCUT2D eigenvalue weighted by Crippen LogP contribution is -2.31. The first-order valence-corrected chi connectivity index (χ1v) is 7.08. The highest BCUT2D eigenvalue weighted by Gasteiger charge is 2.30. The van der Waals surface area contributed by atoms with Gasteiger partial charge in [0.25, 0.3) is 10.1 Å². The second kappa shape index (κ2) is 4.50. The molecule has 0 aliphatic heterocycles. The maximum absolute atomic E-state index is 11.0. The van der Waals surface area contributed by atoms with Gasteiger partial charge < -0.3 is 0 Å². The predicted octanol–water partition coefficient (Wildman–Crippen LogP) is 0.595. The number of aromatic nitrogens is 3. The molecule has 0 aromatic carbocycles. The average Bonchev–Trinajstić information content (AvgIpc) is 2.59. The van der Waals surface area contributed by atoms with Gasteiger partial charge in [0, 0.05) is 0 Å². The number of rotatable bonds is 5. The smallest absolute Gasteiger partial charge is 0.264 e. The summed E-state index contributed by atoms with van der Waals surface area (Å²) in [6.07, 6.45) is 7.58. The van der Waals surface area contributed by atoms with Crippen LogP contribution in [0.15, 0.2) is 12.4 Å². The molecule has 1 atom stereocenters. The molecule has 1 fully saturated rings. The van der Waals surface area contributed by atoms with Crippen molar-refractivity contribution in [3.8, 4) is 0 Å². The second-order valence-corrected chi connectivity index (χ2v) is 5.74. The van der Waals surface area contributed by atoms with E-state index in [1.54, 1.807) is 17.2 Å². The highest BCUT2D eigenvalue weighted by atomic mass is 32.2. The van der Waals surface area contributed by atoms with Gasteiger partial charge in [-0.05, 0) is 18.8 Å². The zero-order chi connectivity index (χ0) is 11.6. The van der Waals surface area contributed by atoms with Gasteiger partial charge in [-0.3, -0.25) is 4.18 Å². The molecule has 1 aliphatic rings. The Bertz CT molecular complexity index is 425. The van der Waals surface area contributed by atoms with Gasteiger partial charge in [0.1, 0.15) is 0 Å². The van der Waals surface area contributed by atoms with Crippen LogP contribution in [0.5, 0.6) is 0 Å². The van der Waals surface area contributed by atoms with E-state index in [2.05, 4.69) is 10.2 Å². The lowest BCUT2D eigenvalue weighted by atomic mass is 9.80. The van der Waals surface area contributed by atoms with Crippen molar-refractivity contribution in [2.24, 2.45) is 5.92 Å². The molecule has 1 heterocycles. The van der Waals surface area contributed by atoms with Crippen molar-refractivity contribution in [1.29, 1.82) is 0 Å². The summed E-state index contributed by atoms with van der Waals surface area (Å²) in [6, 6.07) is -0.0709. The summed E-state index contributed by atoms with van der Waals surface area (Å²) in [4.78, 5) is 1.55. The lowest BCUT2D eigenvalue weighted by Gasteiger charge is -2.32. The molecule has 0 saturated heterocycles. The fourth-order valence-electron chi connectivity index (χ4n) is 1.81. The molecular weight excluding hydrogens is 230 g/mol. The van der Waals surface area contributed by atoms with Gasteiger partial charge in [0.2, 0.25) is 0 Å². The largest absolute Gasteiger partial charge is 0.268 e. The van der Waals surface area contributed by atoms with Crippen LogP contribution in [0.25, 0.3) is 0 Å². The van der Waals surface area contributed by atoms with Crippen molar-refractivity contribution < 1.29 is 12.6 Å². The van der Waals surface area contributed by atoms with E-state index >= 15 is 0 Å². The number of nitrogens with zero attached hydrogens (tertiary/aromatic N) is 3. The first-order chi connectivity index (χ1) is 7.56. The summed E-state index contributed by atoms with van der Waals surface area (Å²) >= 11 is 0. The molecule has 2 rings (SSSR count). The SMILES string of the molecule is CS(=O)(=O)OCC(C1CCC1)n1nccn1. The Morgan fingerprint density at radius 3 is 2.50 bits per heavy atom. The van der Waals surface area contributed by atoms with E-state index in [9.17, 15) is 8.42 Å². The molecule has 90 valence electrons. The van der Waals surface area contributed by atoms with Gasteiger partial charge in [-0.2, -0.15) is 23.4 Å². The molecule has 0 N–H and O–H groups in total. The molecular formula is C9H15N3O3S. The highest BCUT2D eigenvalue weighted by Crippen LogP contribution is 2.35. The Hall–Kier alpha value is -0.950. The van der Waals surface area contributed by atoms with Crippen LogP contribution < -0.4 is 0 Å². The fourth-order valence-corrected chi connectivity index (χ4v) is 2.19. The highest BCUT2D eigenvalue weighted by molar-refractivity contribution is 7.85. The number of hydrogen-bond acceptors (Lipinski definition) is 5. The standard InChI is InChI=1S/C9H15N3O3S/c1-16(13,14)15-7-9(8-3-2-4-8)12-10-5-6-11-12/h5-6,8-9H,2-4,7H2,1H3. The van der Waals surface area contributed by atoms with Crippen LogP contribution in [0.4, 0.5) is 0 Å². The van der Waals surface area contributed by atoms with E-state index in [1.807, 2.05) is 0 Å². The summed E-state index contributed by atoms with van der Waals surface area (Å²) in [5, 5.41) is 8.10. The van der Waals surface area contributed by atoms with Crippen molar-refractivity contribution in [3.63, 3.8) is 0 Å². The lowest BCUT2D eigenvalue weighted by molar-refractivity contribution is 0.124. The Kier molecular flexibility index (Phi) is 3.25. The normalized spacial score (nSPS) is 19.3. The molecule has 1 aliphatic carbocycles.